The summed E-state index contributed by atoms with van der Waals surface area (Å²) < 4.78 is 0. The van der Waals surface area contributed by atoms with Crippen molar-refractivity contribution in [3.8, 4) is 0 Å². The zero-order chi connectivity index (χ0) is 9.56. The highest BCUT2D eigenvalue weighted by Gasteiger charge is 2.10. The number of carboxylic acid groups (broad SMARTS) is 1. The molecule has 0 rings (SSSR count). The molecule has 0 spiro atoms. The molecule has 0 amide bonds. The number of carbonyl (C=O) groups is 1. The lowest BCUT2D eigenvalue weighted by atomic mass is 10.1. The van der Waals surface area contributed by atoms with Gasteiger partial charge in [0.2, 0.25) is 0 Å². The SMILES string of the molecule is CCC(CC)N(C)CCC(=O)O.Cl. The monoisotopic (exact) mass is 209 g/mol. The van der Waals surface area contributed by atoms with Crippen LogP contribution in [0.25, 0.3) is 0 Å². The largest absolute Gasteiger partial charge is 0.481 e. The first kappa shape index (κ1) is 15.2. The highest BCUT2D eigenvalue weighted by molar-refractivity contribution is 5.85. The average Bonchev–Trinajstić information content (AvgIpc) is 2.03. The topological polar surface area (TPSA) is 40.5 Å². The van der Waals surface area contributed by atoms with E-state index in [1.54, 1.807) is 0 Å². The molecule has 0 saturated carbocycles. The summed E-state index contributed by atoms with van der Waals surface area (Å²) in [7, 11) is 1.99. The molecule has 0 unspecified atom stereocenters. The molecule has 0 fully saturated rings. The van der Waals surface area contributed by atoms with Gasteiger partial charge in [-0.3, -0.25) is 4.79 Å². The van der Waals surface area contributed by atoms with Crippen molar-refractivity contribution in [2.75, 3.05) is 13.6 Å². The third-order valence-corrected chi connectivity index (χ3v) is 2.24. The third-order valence-electron chi connectivity index (χ3n) is 2.24. The standard InChI is InChI=1S/C9H19NO2.ClH/c1-4-8(5-2)10(3)7-6-9(11)12;/h8H,4-7H2,1-3H3,(H,11,12);1H. The molecule has 0 aliphatic carbocycles. The summed E-state index contributed by atoms with van der Waals surface area (Å²) in [6.07, 6.45) is 2.42. The van der Waals surface area contributed by atoms with E-state index in [0.29, 0.717) is 12.6 Å². The van der Waals surface area contributed by atoms with E-state index in [-0.39, 0.29) is 18.8 Å². The second-order valence-corrected chi connectivity index (χ2v) is 3.09. The van der Waals surface area contributed by atoms with Gasteiger partial charge in [0.15, 0.2) is 0 Å². The normalized spacial score (nSPS) is 10.2. The van der Waals surface area contributed by atoms with Crippen LogP contribution in [0.15, 0.2) is 0 Å². The number of hydrogen-bond donors (Lipinski definition) is 1. The van der Waals surface area contributed by atoms with Crippen molar-refractivity contribution in [3.05, 3.63) is 0 Å². The van der Waals surface area contributed by atoms with E-state index in [2.05, 4.69) is 18.7 Å². The lowest BCUT2D eigenvalue weighted by Crippen LogP contribution is -2.32. The van der Waals surface area contributed by atoms with Gasteiger partial charge < -0.3 is 10.0 Å². The Morgan fingerprint density at radius 2 is 1.85 bits per heavy atom. The van der Waals surface area contributed by atoms with Gasteiger partial charge in [-0.1, -0.05) is 13.8 Å². The average molecular weight is 210 g/mol. The summed E-state index contributed by atoms with van der Waals surface area (Å²) in [5.74, 6) is -0.715. The van der Waals surface area contributed by atoms with Crippen molar-refractivity contribution in [3.63, 3.8) is 0 Å². The quantitative estimate of drug-likeness (QED) is 0.728. The fourth-order valence-corrected chi connectivity index (χ4v) is 1.37. The van der Waals surface area contributed by atoms with Crippen LogP contribution in [0.2, 0.25) is 0 Å². The zero-order valence-electron chi connectivity index (χ0n) is 8.62. The molecule has 0 radical (unpaired) electrons. The minimum absolute atomic E-state index is 0. The number of nitrogens with zero attached hydrogens (tertiary/aromatic N) is 1. The van der Waals surface area contributed by atoms with Crippen molar-refractivity contribution in [1.29, 1.82) is 0 Å². The molecule has 1 N–H and O–H groups in total. The maximum atomic E-state index is 10.3. The minimum atomic E-state index is -0.715. The Bertz CT molecular complexity index is 138. The van der Waals surface area contributed by atoms with Crippen LogP contribution in [0.5, 0.6) is 0 Å². The highest BCUT2D eigenvalue weighted by atomic mass is 35.5. The van der Waals surface area contributed by atoms with E-state index in [0.717, 1.165) is 12.8 Å². The van der Waals surface area contributed by atoms with Crippen LogP contribution < -0.4 is 0 Å². The van der Waals surface area contributed by atoms with Crippen molar-refractivity contribution in [1.82, 2.24) is 4.90 Å². The molecule has 13 heavy (non-hydrogen) atoms. The van der Waals surface area contributed by atoms with E-state index in [4.69, 9.17) is 5.11 Å². The van der Waals surface area contributed by atoms with Crippen LogP contribution in [0.3, 0.4) is 0 Å². The molecule has 0 bridgehead atoms. The molecule has 0 aliphatic heterocycles. The Morgan fingerprint density at radius 3 is 2.15 bits per heavy atom. The van der Waals surface area contributed by atoms with E-state index in [9.17, 15) is 4.79 Å². The van der Waals surface area contributed by atoms with Crippen molar-refractivity contribution < 1.29 is 9.90 Å². The van der Waals surface area contributed by atoms with Crippen molar-refractivity contribution >= 4 is 18.4 Å². The van der Waals surface area contributed by atoms with Gasteiger partial charge in [-0.2, -0.15) is 0 Å². The maximum absolute atomic E-state index is 10.3. The maximum Gasteiger partial charge on any atom is 0.304 e. The van der Waals surface area contributed by atoms with E-state index >= 15 is 0 Å². The Kier molecular flexibility index (Phi) is 9.74. The first-order chi connectivity index (χ1) is 5.61. The van der Waals surface area contributed by atoms with Gasteiger partial charge in [0.1, 0.15) is 0 Å². The zero-order valence-corrected chi connectivity index (χ0v) is 9.43. The van der Waals surface area contributed by atoms with Crippen molar-refractivity contribution in [2.45, 2.75) is 39.2 Å². The Hall–Kier alpha value is -0.280. The lowest BCUT2D eigenvalue weighted by molar-refractivity contribution is -0.137. The fourth-order valence-electron chi connectivity index (χ4n) is 1.37. The van der Waals surface area contributed by atoms with Crippen LogP contribution in [0, 0.1) is 0 Å². The molecule has 0 saturated heterocycles. The fraction of sp³-hybridized carbons (Fsp3) is 0.889. The summed E-state index contributed by atoms with van der Waals surface area (Å²) in [4.78, 5) is 12.4. The summed E-state index contributed by atoms with van der Waals surface area (Å²) in [6, 6.07) is 0.532. The smallest absolute Gasteiger partial charge is 0.304 e. The molecule has 0 aromatic rings. The Morgan fingerprint density at radius 1 is 1.38 bits per heavy atom. The van der Waals surface area contributed by atoms with Crippen LogP contribution in [-0.4, -0.2) is 35.6 Å². The predicted octanol–water partition coefficient (Wildman–Crippen LogP) is 2.00. The molecule has 0 aromatic heterocycles. The number of rotatable bonds is 6. The molecule has 0 heterocycles. The van der Waals surface area contributed by atoms with Gasteiger partial charge in [-0.25, -0.2) is 0 Å². The summed E-state index contributed by atoms with van der Waals surface area (Å²) >= 11 is 0. The molecule has 3 nitrogen and oxygen atoms in total. The van der Waals surface area contributed by atoms with E-state index in [1.807, 2.05) is 7.05 Å². The molecule has 0 aliphatic rings. The number of hydrogen-bond acceptors (Lipinski definition) is 2. The first-order valence-electron chi connectivity index (χ1n) is 4.53. The molecular weight excluding hydrogens is 190 g/mol. The Balaban J connectivity index is 0. The number of halogens is 1. The summed E-state index contributed by atoms with van der Waals surface area (Å²) in [5, 5.41) is 8.46. The van der Waals surface area contributed by atoms with Crippen LogP contribution in [0.4, 0.5) is 0 Å². The number of carboxylic acids is 1. The highest BCUT2D eigenvalue weighted by Crippen LogP contribution is 2.05. The van der Waals surface area contributed by atoms with Crippen LogP contribution in [-0.2, 0) is 4.79 Å². The minimum Gasteiger partial charge on any atom is -0.481 e. The van der Waals surface area contributed by atoms with Gasteiger partial charge in [-0.05, 0) is 19.9 Å². The molecule has 4 heteroatoms. The molecule has 0 atom stereocenters. The summed E-state index contributed by atoms with van der Waals surface area (Å²) in [5.41, 5.74) is 0. The van der Waals surface area contributed by atoms with E-state index in [1.165, 1.54) is 0 Å². The second-order valence-electron chi connectivity index (χ2n) is 3.09. The first-order valence-corrected chi connectivity index (χ1v) is 4.53. The Labute approximate surface area is 86.5 Å². The van der Waals surface area contributed by atoms with Gasteiger partial charge in [0.25, 0.3) is 0 Å². The molecule has 80 valence electrons. The number of aliphatic carboxylic acids is 1. The van der Waals surface area contributed by atoms with Gasteiger partial charge in [0.05, 0.1) is 6.42 Å². The van der Waals surface area contributed by atoms with Crippen LogP contribution in [0.1, 0.15) is 33.1 Å². The van der Waals surface area contributed by atoms with Gasteiger partial charge in [0, 0.05) is 12.6 Å². The van der Waals surface area contributed by atoms with Gasteiger partial charge in [-0.15, -0.1) is 12.4 Å². The second kappa shape index (κ2) is 8.32. The third kappa shape index (κ3) is 6.84. The molecular formula is C9H20ClNO2. The lowest BCUT2D eigenvalue weighted by Gasteiger charge is -2.25. The van der Waals surface area contributed by atoms with E-state index < -0.39 is 5.97 Å². The van der Waals surface area contributed by atoms with Crippen LogP contribution >= 0.6 is 12.4 Å². The van der Waals surface area contributed by atoms with Gasteiger partial charge >= 0.3 is 5.97 Å². The predicted molar refractivity (Wildman–Crippen MR) is 56.5 cm³/mol. The summed E-state index contributed by atoms with van der Waals surface area (Å²) in [6.45, 7) is 4.92. The van der Waals surface area contributed by atoms with Crippen molar-refractivity contribution in [2.24, 2.45) is 0 Å². The molecule has 0 aromatic carbocycles.